The molecular weight excluding hydrogens is 255 g/mol. The maximum Gasteiger partial charge on any atom is 0.379 e. The molecule has 2 heterocycles. The number of benzene rings is 1. The fourth-order valence-corrected chi connectivity index (χ4v) is 4.54. The minimum Gasteiger partial charge on any atom is -0.406 e. The Labute approximate surface area is 129 Å². The van der Waals surface area contributed by atoms with E-state index in [9.17, 15) is 0 Å². The van der Waals surface area contributed by atoms with Gasteiger partial charge in [0.1, 0.15) is 0 Å². The van der Waals surface area contributed by atoms with Crippen molar-refractivity contribution in [1.29, 1.82) is 0 Å². The first-order valence-electron chi connectivity index (χ1n) is 8.01. The lowest BCUT2D eigenvalue weighted by molar-refractivity contribution is 0.223. The first-order valence-corrected chi connectivity index (χ1v) is 8.01. The summed E-state index contributed by atoms with van der Waals surface area (Å²) in [5.41, 5.74) is 3.34. The smallest absolute Gasteiger partial charge is 0.379 e. The highest BCUT2D eigenvalue weighted by Crippen LogP contribution is 2.46. The predicted octanol–water partition coefficient (Wildman–Crippen LogP) is 3.20. The van der Waals surface area contributed by atoms with Crippen molar-refractivity contribution >= 4 is 18.5 Å². The van der Waals surface area contributed by atoms with Crippen molar-refractivity contribution in [3.8, 4) is 0 Å². The van der Waals surface area contributed by atoms with E-state index in [1.165, 1.54) is 17.4 Å². The Morgan fingerprint density at radius 2 is 1.81 bits per heavy atom. The minimum absolute atomic E-state index is 0.208. The zero-order chi connectivity index (χ0) is 15.4. The molecule has 0 bridgehead atoms. The summed E-state index contributed by atoms with van der Waals surface area (Å²) in [7, 11) is 2.20. The zero-order valence-electron chi connectivity index (χ0n) is 14.2. The SMILES string of the molecule is CC1N(B2c3ccccc3C=CN2C)C(C)(C)CC1(C)C. The molecule has 0 amide bonds. The molecule has 1 fully saturated rings. The van der Waals surface area contributed by atoms with Crippen molar-refractivity contribution in [3.05, 3.63) is 36.0 Å². The summed E-state index contributed by atoms with van der Waals surface area (Å²) in [5.74, 6) is 0. The van der Waals surface area contributed by atoms with Crippen LogP contribution in [0.2, 0.25) is 0 Å². The third-order valence-electron chi connectivity index (χ3n) is 5.55. The topological polar surface area (TPSA) is 6.48 Å². The fraction of sp³-hybridized carbons (Fsp3) is 0.556. The second kappa shape index (κ2) is 4.64. The normalized spacial score (nSPS) is 27.0. The minimum atomic E-state index is 0.208. The lowest BCUT2D eigenvalue weighted by atomic mass is 9.59. The van der Waals surface area contributed by atoms with Gasteiger partial charge < -0.3 is 9.62 Å². The van der Waals surface area contributed by atoms with Crippen LogP contribution in [0.15, 0.2) is 30.5 Å². The van der Waals surface area contributed by atoms with Gasteiger partial charge in [0.2, 0.25) is 0 Å². The van der Waals surface area contributed by atoms with Crippen LogP contribution in [0, 0.1) is 5.41 Å². The summed E-state index contributed by atoms with van der Waals surface area (Å²) in [6.07, 6.45) is 5.68. The Kier molecular flexibility index (Phi) is 3.25. The van der Waals surface area contributed by atoms with Crippen LogP contribution in [-0.2, 0) is 0 Å². The summed E-state index contributed by atoms with van der Waals surface area (Å²) < 4.78 is 0. The van der Waals surface area contributed by atoms with Crippen molar-refractivity contribution in [2.24, 2.45) is 5.41 Å². The van der Waals surface area contributed by atoms with Gasteiger partial charge in [0.15, 0.2) is 0 Å². The maximum absolute atomic E-state index is 2.72. The van der Waals surface area contributed by atoms with Crippen molar-refractivity contribution in [1.82, 2.24) is 9.62 Å². The summed E-state index contributed by atoms with van der Waals surface area (Å²) in [4.78, 5) is 5.08. The third kappa shape index (κ3) is 2.22. The van der Waals surface area contributed by atoms with Gasteiger partial charge in [-0.1, -0.05) is 38.1 Å². The van der Waals surface area contributed by atoms with Crippen LogP contribution >= 0.6 is 0 Å². The molecule has 0 spiro atoms. The Hall–Kier alpha value is -1.22. The van der Waals surface area contributed by atoms with Crippen molar-refractivity contribution in [2.45, 2.75) is 52.6 Å². The van der Waals surface area contributed by atoms with Gasteiger partial charge >= 0.3 is 6.98 Å². The standard InChI is InChI=1S/C18H27BN2/c1-14-17(2,3)13-18(4,5)21(14)19-16-10-8-7-9-15(16)11-12-20(19)6/h7-12,14H,13H2,1-6H3. The molecule has 112 valence electrons. The van der Waals surface area contributed by atoms with E-state index in [-0.39, 0.29) is 5.54 Å². The highest BCUT2D eigenvalue weighted by atomic mass is 15.3. The van der Waals surface area contributed by atoms with E-state index in [1.807, 2.05) is 0 Å². The molecule has 0 N–H and O–H groups in total. The second-order valence-electron chi connectivity index (χ2n) is 8.04. The molecule has 2 aliphatic rings. The van der Waals surface area contributed by atoms with Gasteiger partial charge in [-0.05, 0) is 63.0 Å². The quantitative estimate of drug-likeness (QED) is 0.730. The first kappa shape index (κ1) is 14.7. The molecule has 0 radical (unpaired) electrons. The Morgan fingerprint density at radius 1 is 1.14 bits per heavy atom. The maximum atomic E-state index is 2.72. The molecule has 3 heteroatoms. The Bertz CT molecular complexity index is 576. The van der Waals surface area contributed by atoms with Crippen molar-refractivity contribution in [2.75, 3.05) is 7.05 Å². The van der Waals surface area contributed by atoms with E-state index in [4.69, 9.17) is 0 Å². The van der Waals surface area contributed by atoms with Gasteiger partial charge in [0.05, 0.1) is 0 Å². The number of nitrogens with zero attached hydrogens (tertiary/aromatic N) is 2. The summed E-state index contributed by atoms with van der Waals surface area (Å²) >= 11 is 0. The van der Waals surface area contributed by atoms with Gasteiger partial charge in [-0.25, -0.2) is 0 Å². The molecule has 0 aliphatic carbocycles. The van der Waals surface area contributed by atoms with Crippen LogP contribution in [0.3, 0.4) is 0 Å². The molecule has 0 saturated carbocycles. The van der Waals surface area contributed by atoms with Crippen LogP contribution in [-0.4, -0.2) is 35.2 Å². The lowest BCUT2D eigenvalue weighted by Gasteiger charge is -2.44. The Balaban J connectivity index is 2.09. The van der Waals surface area contributed by atoms with E-state index < -0.39 is 0 Å². The number of fused-ring (bicyclic) bond motifs is 1. The molecule has 3 rings (SSSR count). The summed E-state index contributed by atoms with van der Waals surface area (Å²) in [6, 6.07) is 9.37. The van der Waals surface area contributed by atoms with Gasteiger partial charge in [0, 0.05) is 11.6 Å². The highest BCUT2D eigenvalue weighted by Gasteiger charge is 2.53. The fourth-order valence-electron chi connectivity index (χ4n) is 4.54. The van der Waals surface area contributed by atoms with Crippen LogP contribution in [0.5, 0.6) is 0 Å². The molecule has 2 aliphatic heterocycles. The molecule has 1 atom stereocenters. The average molecular weight is 282 g/mol. The summed E-state index contributed by atoms with van der Waals surface area (Å²) in [6.45, 7) is 12.3. The number of hydrogen-bond acceptors (Lipinski definition) is 2. The van der Waals surface area contributed by atoms with Crippen molar-refractivity contribution < 1.29 is 0 Å². The molecule has 1 saturated heterocycles. The van der Waals surface area contributed by atoms with Gasteiger partial charge in [-0.3, -0.25) is 0 Å². The van der Waals surface area contributed by atoms with Gasteiger partial charge in [-0.2, -0.15) is 0 Å². The molecule has 1 unspecified atom stereocenters. The number of hydrogen-bond donors (Lipinski definition) is 0. The largest absolute Gasteiger partial charge is 0.406 e. The zero-order valence-corrected chi connectivity index (χ0v) is 14.2. The highest BCUT2D eigenvalue weighted by molar-refractivity contribution is 6.70. The van der Waals surface area contributed by atoms with Crippen LogP contribution in [0.25, 0.3) is 6.08 Å². The second-order valence-corrected chi connectivity index (χ2v) is 8.04. The van der Waals surface area contributed by atoms with Gasteiger partial charge in [0.25, 0.3) is 0 Å². The lowest BCUT2D eigenvalue weighted by Crippen LogP contribution is -2.65. The number of rotatable bonds is 1. The van der Waals surface area contributed by atoms with E-state index in [0.29, 0.717) is 18.4 Å². The van der Waals surface area contributed by atoms with Crippen LogP contribution in [0.4, 0.5) is 0 Å². The molecule has 0 aromatic heterocycles. The molecule has 1 aromatic carbocycles. The molecule has 21 heavy (non-hydrogen) atoms. The van der Waals surface area contributed by atoms with E-state index >= 15 is 0 Å². The van der Waals surface area contributed by atoms with Gasteiger partial charge in [-0.15, -0.1) is 0 Å². The van der Waals surface area contributed by atoms with E-state index in [0.717, 1.165) is 0 Å². The first-order chi connectivity index (χ1) is 9.74. The molecule has 2 nitrogen and oxygen atoms in total. The summed E-state index contributed by atoms with van der Waals surface area (Å²) in [5, 5.41) is 0. The molecular formula is C18H27BN2. The Morgan fingerprint density at radius 3 is 2.43 bits per heavy atom. The predicted molar refractivity (Wildman–Crippen MR) is 92.4 cm³/mol. The van der Waals surface area contributed by atoms with Crippen LogP contribution in [0.1, 0.15) is 46.6 Å². The van der Waals surface area contributed by atoms with E-state index in [1.54, 1.807) is 0 Å². The molecule has 1 aromatic rings. The van der Waals surface area contributed by atoms with Crippen molar-refractivity contribution in [3.63, 3.8) is 0 Å². The van der Waals surface area contributed by atoms with Crippen LogP contribution < -0.4 is 5.46 Å². The average Bonchev–Trinajstić information content (AvgIpc) is 2.55. The third-order valence-corrected chi connectivity index (χ3v) is 5.55. The monoisotopic (exact) mass is 282 g/mol. The van der Waals surface area contributed by atoms with E-state index in [2.05, 4.69) is 87.8 Å².